The van der Waals surface area contributed by atoms with Gasteiger partial charge in [0.15, 0.2) is 0 Å². The van der Waals surface area contributed by atoms with Crippen molar-refractivity contribution in [1.29, 1.82) is 0 Å². The number of nitrogens with one attached hydrogen (secondary N) is 1. The standard InChI is InChI=1S/C19H17FN2/c1-12(2)22-19-9-14-5-6-15(8-16(14)11-21-19)18-10-17(20)7-4-13(18)3/h4-11H,1H2,2-3H3,(H,21,22). The van der Waals surface area contributed by atoms with Crippen molar-refractivity contribution in [2.24, 2.45) is 0 Å². The molecule has 2 aromatic carbocycles. The molecule has 22 heavy (non-hydrogen) atoms. The molecule has 0 fully saturated rings. The molecule has 0 spiro atoms. The maximum absolute atomic E-state index is 13.5. The summed E-state index contributed by atoms with van der Waals surface area (Å²) in [6.45, 7) is 7.69. The maximum Gasteiger partial charge on any atom is 0.130 e. The van der Waals surface area contributed by atoms with Crippen LogP contribution in [0.3, 0.4) is 0 Å². The van der Waals surface area contributed by atoms with Crippen LogP contribution in [0, 0.1) is 12.7 Å². The van der Waals surface area contributed by atoms with Crippen LogP contribution < -0.4 is 5.32 Å². The summed E-state index contributed by atoms with van der Waals surface area (Å²) >= 11 is 0. The zero-order valence-corrected chi connectivity index (χ0v) is 12.7. The topological polar surface area (TPSA) is 24.9 Å². The number of anilines is 1. The summed E-state index contributed by atoms with van der Waals surface area (Å²) in [4.78, 5) is 4.38. The van der Waals surface area contributed by atoms with Crippen molar-refractivity contribution in [3.8, 4) is 11.1 Å². The van der Waals surface area contributed by atoms with Crippen LogP contribution >= 0.6 is 0 Å². The predicted molar refractivity (Wildman–Crippen MR) is 90.3 cm³/mol. The molecule has 0 aliphatic heterocycles. The zero-order chi connectivity index (χ0) is 15.7. The molecule has 0 saturated heterocycles. The Morgan fingerprint density at radius 2 is 1.91 bits per heavy atom. The molecule has 2 nitrogen and oxygen atoms in total. The van der Waals surface area contributed by atoms with E-state index in [4.69, 9.17) is 0 Å². The van der Waals surface area contributed by atoms with E-state index in [1.165, 1.54) is 6.07 Å². The number of fused-ring (bicyclic) bond motifs is 1. The van der Waals surface area contributed by atoms with Crippen molar-refractivity contribution in [3.63, 3.8) is 0 Å². The summed E-state index contributed by atoms with van der Waals surface area (Å²) in [6.07, 6.45) is 1.82. The minimum atomic E-state index is -0.222. The summed E-state index contributed by atoms with van der Waals surface area (Å²) in [5.41, 5.74) is 3.80. The van der Waals surface area contributed by atoms with Gasteiger partial charge in [0, 0.05) is 17.3 Å². The third kappa shape index (κ3) is 2.84. The average Bonchev–Trinajstić information content (AvgIpc) is 2.48. The first kappa shape index (κ1) is 14.3. The van der Waals surface area contributed by atoms with Gasteiger partial charge in [-0.25, -0.2) is 9.37 Å². The lowest BCUT2D eigenvalue weighted by atomic mass is 9.98. The van der Waals surface area contributed by atoms with Crippen molar-refractivity contribution in [1.82, 2.24) is 4.98 Å². The Morgan fingerprint density at radius 1 is 1.09 bits per heavy atom. The van der Waals surface area contributed by atoms with Crippen LogP contribution in [0.5, 0.6) is 0 Å². The fourth-order valence-corrected chi connectivity index (χ4v) is 2.50. The van der Waals surface area contributed by atoms with Crippen molar-refractivity contribution < 1.29 is 4.39 Å². The smallest absolute Gasteiger partial charge is 0.130 e. The van der Waals surface area contributed by atoms with Crippen molar-refractivity contribution in [2.45, 2.75) is 13.8 Å². The number of aromatic nitrogens is 1. The molecule has 0 radical (unpaired) electrons. The number of allylic oxidation sites excluding steroid dienone is 1. The normalized spacial score (nSPS) is 10.7. The molecule has 0 atom stereocenters. The first-order chi connectivity index (χ1) is 10.5. The first-order valence-electron chi connectivity index (χ1n) is 7.12. The molecule has 3 aromatic rings. The van der Waals surface area contributed by atoms with E-state index in [0.29, 0.717) is 0 Å². The monoisotopic (exact) mass is 292 g/mol. The Bertz CT molecular complexity index is 868. The first-order valence-corrected chi connectivity index (χ1v) is 7.12. The number of nitrogens with zero attached hydrogens (tertiary/aromatic N) is 1. The second-order valence-electron chi connectivity index (χ2n) is 5.50. The Hall–Kier alpha value is -2.68. The van der Waals surface area contributed by atoms with E-state index in [0.717, 1.165) is 39.0 Å². The van der Waals surface area contributed by atoms with E-state index in [1.807, 2.05) is 44.3 Å². The van der Waals surface area contributed by atoms with Gasteiger partial charge in [-0.15, -0.1) is 0 Å². The highest BCUT2D eigenvalue weighted by Gasteiger charge is 2.06. The number of rotatable bonds is 3. The summed E-state index contributed by atoms with van der Waals surface area (Å²) in [6, 6.07) is 12.9. The molecule has 0 amide bonds. The SMILES string of the molecule is C=C(C)Nc1cc2ccc(-c3cc(F)ccc3C)cc2cn1. The Morgan fingerprint density at radius 3 is 2.68 bits per heavy atom. The molecule has 0 bridgehead atoms. The third-order valence-corrected chi connectivity index (χ3v) is 3.57. The molecule has 0 unspecified atom stereocenters. The molecule has 110 valence electrons. The number of halogens is 1. The highest BCUT2D eigenvalue weighted by atomic mass is 19.1. The van der Waals surface area contributed by atoms with Gasteiger partial charge in [0.1, 0.15) is 11.6 Å². The molecule has 1 heterocycles. The third-order valence-electron chi connectivity index (χ3n) is 3.57. The van der Waals surface area contributed by atoms with E-state index in [2.05, 4.69) is 16.9 Å². The molecule has 3 rings (SSSR count). The van der Waals surface area contributed by atoms with E-state index < -0.39 is 0 Å². The lowest BCUT2D eigenvalue weighted by Gasteiger charge is -2.09. The van der Waals surface area contributed by atoms with Crippen LogP contribution in [-0.2, 0) is 0 Å². The Balaban J connectivity index is 2.06. The lowest BCUT2D eigenvalue weighted by Crippen LogP contribution is -1.96. The van der Waals surface area contributed by atoms with Gasteiger partial charge in [0.25, 0.3) is 0 Å². The van der Waals surface area contributed by atoms with E-state index >= 15 is 0 Å². The van der Waals surface area contributed by atoms with Crippen LogP contribution in [0.1, 0.15) is 12.5 Å². The molecular formula is C19H17FN2. The van der Waals surface area contributed by atoms with Crippen molar-refractivity contribution in [2.75, 3.05) is 5.32 Å². The second-order valence-corrected chi connectivity index (χ2v) is 5.50. The molecule has 0 saturated carbocycles. The zero-order valence-electron chi connectivity index (χ0n) is 12.7. The van der Waals surface area contributed by atoms with Gasteiger partial charge >= 0.3 is 0 Å². The minimum Gasteiger partial charge on any atom is -0.345 e. The van der Waals surface area contributed by atoms with Gasteiger partial charge in [0.2, 0.25) is 0 Å². The highest BCUT2D eigenvalue weighted by molar-refractivity contribution is 5.88. The largest absolute Gasteiger partial charge is 0.345 e. The van der Waals surface area contributed by atoms with E-state index in [-0.39, 0.29) is 5.82 Å². The average molecular weight is 292 g/mol. The number of aryl methyl sites for hydroxylation is 1. The molecule has 1 aromatic heterocycles. The van der Waals surface area contributed by atoms with Crippen molar-refractivity contribution >= 4 is 16.6 Å². The lowest BCUT2D eigenvalue weighted by molar-refractivity contribution is 0.628. The van der Waals surface area contributed by atoms with Crippen LogP contribution in [0.25, 0.3) is 21.9 Å². The van der Waals surface area contributed by atoms with Crippen LogP contribution in [0.15, 0.2) is 60.9 Å². The molecule has 1 N–H and O–H groups in total. The van der Waals surface area contributed by atoms with Gasteiger partial charge in [-0.3, -0.25) is 0 Å². The predicted octanol–water partition coefficient (Wildman–Crippen LogP) is 5.29. The van der Waals surface area contributed by atoms with Gasteiger partial charge in [-0.05, 0) is 60.2 Å². The number of hydrogen-bond acceptors (Lipinski definition) is 2. The van der Waals surface area contributed by atoms with Gasteiger partial charge in [-0.1, -0.05) is 24.8 Å². The van der Waals surface area contributed by atoms with E-state index in [9.17, 15) is 4.39 Å². The van der Waals surface area contributed by atoms with E-state index in [1.54, 1.807) is 12.1 Å². The number of benzene rings is 2. The van der Waals surface area contributed by atoms with Crippen LogP contribution in [-0.4, -0.2) is 4.98 Å². The number of hydrogen-bond donors (Lipinski definition) is 1. The van der Waals surface area contributed by atoms with Gasteiger partial charge in [0.05, 0.1) is 0 Å². The summed E-state index contributed by atoms with van der Waals surface area (Å²) < 4.78 is 13.5. The second kappa shape index (κ2) is 5.60. The quantitative estimate of drug-likeness (QED) is 0.709. The molecule has 0 aliphatic carbocycles. The highest BCUT2D eigenvalue weighted by Crippen LogP contribution is 2.28. The van der Waals surface area contributed by atoms with Crippen molar-refractivity contribution in [3.05, 3.63) is 72.3 Å². The van der Waals surface area contributed by atoms with Crippen LogP contribution in [0.4, 0.5) is 10.2 Å². The number of pyridine rings is 1. The molecule has 0 aliphatic rings. The van der Waals surface area contributed by atoms with Gasteiger partial charge in [-0.2, -0.15) is 0 Å². The fourth-order valence-electron chi connectivity index (χ4n) is 2.50. The summed E-state index contributed by atoms with van der Waals surface area (Å²) in [5, 5.41) is 5.21. The maximum atomic E-state index is 13.5. The summed E-state index contributed by atoms with van der Waals surface area (Å²) in [5.74, 6) is 0.550. The Kier molecular flexibility index (Phi) is 3.63. The van der Waals surface area contributed by atoms with Crippen LogP contribution in [0.2, 0.25) is 0 Å². The fraction of sp³-hybridized carbons (Fsp3) is 0.105. The van der Waals surface area contributed by atoms with Gasteiger partial charge < -0.3 is 5.32 Å². The Labute approximate surface area is 129 Å². The molecular weight excluding hydrogens is 275 g/mol. The molecule has 3 heteroatoms. The summed E-state index contributed by atoms with van der Waals surface area (Å²) in [7, 11) is 0. The minimum absolute atomic E-state index is 0.222.